The van der Waals surface area contributed by atoms with Gasteiger partial charge < -0.3 is 5.73 Å². The quantitative estimate of drug-likeness (QED) is 0.917. The molecule has 1 aromatic carbocycles. The van der Waals surface area contributed by atoms with Crippen molar-refractivity contribution < 1.29 is 0 Å². The smallest absolute Gasteiger partial charge is 0.0649 e. The van der Waals surface area contributed by atoms with E-state index < -0.39 is 0 Å². The molecule has 0 fully saturated rings. The molecule has 0 unspecified atom stereocenters. The first-order valence-corrected chi connectivity index (χ1v) is 7.43. The molecule has 0 bridgehead atoms. The second kappa shape index (κ2) is 5.87. The second-order valence-corrected chi connectivity index (χ2v) is 6.77. The van der Waals surface area contributed by atoms with Gasteiger partial charge in [-0.1, -0.05) is 27.7 Å². The summed E-state index contributed by atoms with van der Waals surface area (Å²) in [7, 11) is 0. The summed E-state index contributed by atoms with van der Waals surface area (Å²) in [6.07, 6.45) is 0.978. The summed E-state index contributed by atoms with van der Waals surface area (Å²) in [6, 6.07) is 12.7. The van der Waals surface area contributed by atoms with Crippen molar-refractivity contribution in [2.75, 3.05) is 6.54 Å². The topological polar surface area (TPSA) is 26.0 Å². The molecular formula is C12H12BrNS2. The summed E-state index contributed by atoms with van der Waals surface area (Å²) in [5.41, 5.74) is 5.53. The molecule has 4 heteroatoms. The van der Waals surface area contributed by atoms with E-state index in [0.717, 1.165) is 17.4 Å². The van der Waals surface area contributed by atoms with Gasteiger partial charge in [-0.25, -0.2) is 0 Å². The van der Waals surface area contributed by atoms with E-state index in [2.05, 4.69) is 52.3 Å². The molecule has 1 nitrogen and oxygen atoms in total. The molecule has 0 aliphatic heterocycles. The van der Waals surface area contributed by atoms with Crippen LogP contribution in [0.5, 0.6) is 0 Å². The van der Waals surface area contributed by atoms with Gasteiger partial charge in [0, 0.05) is 14.2 Å². The Bertz CT molecular complexity index is 450. The lowest BCUT2D eigenvalue weighted by Crippen LogP contribution is -2.00. The summed E-state index contributed by atoms with van der Waals surface area (Å²) in [5.74, 6) is 0. The number of nitrogens with two attached hydrogens (primary N) is 1. The van der Waals surface area contributed by atoms with Crippen LogP contribution in [0.3, 0.4) is 0 Å². The SMILES string of the molecule is NCCc1ccc(Sc2ccc(Br)cc2)s1. The van der Waals surface area contributed by atoms with Gasteiger partial charge in [-0.3, -0.25) is 0 Å². The van der Waals surface area contributed by atoms with Crippen LogP contribution >= 0.6 is 39.0 Å². The summed E-state index contributed by atoms with van der Waals surface area (Å²) in [4.78, 5) is 2.63. The Morgan fingerprint density at radius 2 is 1.88 bits per heavy atom. The number of hydrogen-bond donors (Lipinski definition) is 1. The molecule has 0 radical (unpaired) electrons. The van der Waals surface area contributed by atoms with Gasteiger partial charge in [0.25, 0.3) is 0 Å². The molecular weight excluding hydrogens is 302 g/mol. The van der Waals surface area contributed by atoms with Gasteiger partial charge in [-0.05, 0) is 49.4 Å². The highest BCUT2D eigenvalue weighted by Gasteiger charge is 2.01. The number of rotatable bonds is 4. The van der Waals surface area contributed by atoms with Crippen LogP contribution in [0.2, 0.25) is 0 Å². The lowest BCUT2D eigenvalue weighted by molar-refractivity contribution is 0.989. The van der Waals surface area contributed by atoms with E-state index in [-0.39, 0.29) is 0 Å². The predicted octanol–water partition coefficient (Wildman–Crippen LogP) is 4.16. The Morgan fingerprint density at radius 1 is 1.12 bits per heavy atom. The van der Waals surface area contributed by atoms with Crippen LogP contribution < -0.4 is 5.73 Å². The lowest BCUT2D eigenvalue weighted by atomic mass is 10.3. The molecule has 0 aliphatic carbocycles. The standard InChI is InChI=1S/C12H12BrNS2/c13-9-1-3-10(4-2-9)15-12-6-5-11(16-12)7-8-14/h1-6H,7-8,14H2. The maximum Gasteiger partial charge on any atom is 0.0649 e. The first kappa shape index (κ1) is 12.2. The lowest BCUT2D eigenvalue weighted by Gasteiger charge is -1.98. The van der Waals surface area contributed by atoms with Crippen molar-refractivity contribution in [3.05, 3.63) is 45.7 Å². The molecule has 0 spiro atoms. The fraction of sp³-hybridized carbons (Fsp3) is 0.167. The minimum Gasteiger partial charge on any atom is -0.330 e. The minimum absolute atomic E-state index is 0.725. The number of thiophene rings is 1. The average molecular weight is 314 g/mol. The molecule has 1 aromatic heterocycles. The molecule has 2 N–H and O–H groups in total. The van der Waals surface area contributed by atoms with Crippen LogP contribution in [0.15, 0.2) is 50.0 Å². The number of benzene rings is 1. The van der Waals surface area contributed by atoms with Gasteiger partial charge in [0.2, 0.25) is 0 Å². The Morgan fingerprint density at radius 3 is 2.56 bits per heavy atom. The van der Waals surface area contributed by atoms with E-state index in [9.17, 15) is 0 Å². The van der Waals surface area contributed by atoms with Gasteiger partial charge in [-0.2, -0.15) is 0 Å². The molecule has 0 saturated heterocycles. The largest absolute Gasteiger partial charge is 0.330 e. The fourth-order valence-corrected chi connectivity index (χ4v) is 3.74. The average Bonchev–Trinajstić information content (AvgIpc) is 2.70. The van der Waals surface area contributed by atoms with Crippen LogP contribution in [-0.2, 0) is 6.42 Å². The van der Waals surface area contributed by atoms with Crippen molar-refractivity contribution in [1.29, 1.82) is 0 Å². The van der Waals surface area contributed by atoms with Crippen LogP contribution in [-0.4, -0.2) is 6.54 Å². The van der Waals surface area contributed by atoms with Crippen LogP contribution in [0, 0.1) is 0 Å². The van der Waals surface area contributed by atoms with E-state index in [4.69, 9.17) is 5.73 Å². The van der Waals surface area contributed by atoms with Crippen molar-refractivity contribution in [1.82, 2.24) is 0 Å². The zero-order valence-corrected chi connectivity index (χ0v) is 11.9. The molecule has 16 heavy (non-hydrogen) atoms. The Balaban J connectivity index is 2.05. The Labute approximate surface area is 112 Å². The summed E-state index contributed by atoms with van der Waals surface area (Å²) in [5, 5.41) is 0. The molecule has 84 valence electrons. The first-order chi connectivity index (χ1) is 7.78. The van der Waals surface area contributed by atoms with E-state index in [1.807, 2.05) is 11.3 Å². The van der Waals surface area contributed by atoms with Gasteiger partial charge in [0.15, 0.2) is 0 Å². The molecule has 2 rings (SSSR count). The maximum atomic E-state index is 5.53. The fourth-order valence-electron chi connectivity index (χ4n) is 1.31. The Kier molecular flexibility index (Phi) is 4.46. The molecule has 2 aromatic rings. The second-order valence-electron chi connectivity index (χ2n) is 3.32. The first-order valence-electron chi connectivity index (χ1n) is 5.00. The van der Waals surface area contributed by atoms with E-state index in [0.29, 0.717) is 0 Å². The molecule has 1 heterocycles. The van der Waals surface area contributed by atoms with Crippen molar-refractivity contribution in [2.45, 2.75) is 15.5 Å². The summed E-state index contributed by atoms with van der Waals surface area (Å²) < 4.78 is 2.44. The minimum atomic E-state index is 0.725. The third-order valence-corrected chi connectivity index (χ3v) is 4.87. The van der Waals surface area contributed by atoms with Crippen molar-refractivity contribution in [2.24, 2.45) is 5.73 Å². The van der Waals surface area contributed by atoms with E-state index >= 15 is 0 Å². The molecule has 0 saturated carbocycles. The van der Waals surface area contributed by atoms with Crippen LogP contribution in [0.1, 0.15) is 4.88 Å². The van der Waals surface area contributed by atoms with Gasteiger partial charge in [0.05, 0.1) is 4.21 Å². The normalized spacial score (nSPS) is 10.6. The molecule has 0 amide bonds. The summed E-state index contributed by atoms with van der Waals surface area (Å²) >= 11 is 7.06. The Hall–Kier alpha value is -0.290. The maximum absolute atomic E-state index is 5.53. The number of hydrogen-bond acceptors (Lipinski definition) is 3. The van der Waals surface area contributed by atoms with Crippen LogP contribution in [0.4, 0.5) is 0 Å². The molecule has 0 aliphatic rings. The third-order valence-electron chi connectivity index (χ3n) is 2.06. The van der Waals surface area contributed by atoms with Crippen molar-refractivity contribution in [3.63, 3.8) is 0 Å². The van der Waals surface area contributed by atoms with Gasteiger partial charge >= 0.3 is 0 Å². The zero-order chi connectivity index (χ0) is 11.4. The van der Waals surface area contributed by atoms with E-state index in [1.54, 1.807) is 11.8 Å². The highest BCUT2D eigenvalue weighted by molar-refractivity contribution is 9.10. The van der Waals surface area contributed by atoms with Crippen molar-refractivity contribution in [3.8, 4) is 0 Å². The number of halogens is 1. The third kappa shape index (κ3) is 3.35. The monoisotopic (exact) mass is 313 g/mol. The van der Waals surface area contributed by atoms with Gasteiger partial charge in [0.1, 0.15) is 0 Å². The highest BCUT2D eigenvalue weighted by atomic mass is 79.9. The van der Waals surface area contributed by atoms with E-state index in [1.165, 1.54) is 14.0 Å². The van der Waals surface area contributed by atoms with Crippen LogP contribution in [0.25, 0.3) is 0 Å². The van der Waals surface area contributed by atoms with Crippen molar-refractivity contribution >= 4 is 39.0 Å². The zero-order valence-electron chi connectivity index (χ0n) is 8.65. The predicted molar refractivity (Wildman–Crippen MR) is 75.3 cm³/mol. The molecule has 0 atom stereocenters. The highest BCUT2D eigenvalue weighted by Crippen LogP contribution is 2.33. The summed E-state index contributed by atoms with van der Waals surface area (Å²) in [6.45, 7) is 0.725. The van der Waals surface area contributed by atoms with Gasteiger partial charge in [-0.15, -0.1) is 11.3 Å².